The molecule has 0 amide bonds. The summed E-state index contributed by atoms with van der Waals surface area (Å²) in [4.78, 5) is 2.44. The van der Waals surface area contributed by atoms with Gasteiger partial charge in [0, 0.05) is 22.1 Å². The molecule has 0 heterocycles. The van der Waals surface area contributed by atoms with E-state index in [1.807, 2.05) is 0 Å². The van der Waals surface area contributed by atoms with Crippen LogP contribution in [0.1, 0.15) is 0 Å². The lowest BCUT2D eigenvalue weighted by Crippen LogP contribution is -2.11. The summed E-state index contributed by atoms with van der Waals surface area (Å²) in [6, 6.07) is 68.9. The van der Waals surface area contributed by atoms with Crippen molar-refractivity contribution in [2.75, 3.05) is 4.90 Å². The molecule has 1 heteroatoms. The lowest BCUT2D eigenvalue weighted by atomic mass is 9.88. The molecular weight excluding hydrogens is 591 g/mol. The van der Waals surface area contributed by atoms with E-state index in [-0.39, 0.29) is 0 Å². The molecule has 0 fully saturated rings. The Morgan fingerprint density at radius 1 is 0.265 bits per heavy atom. The van der Waals surface area contributed by atoms with Crippen molar-refractivity contribution in [2.45, 2.75) is 0 Å². The summed E-state index contributed by atoms with van der Waals surface area (Å²) in [5.74, 6) is 0. The number of nitrogens with zero attached hydrogens (tertiary/aromatic N) is 1. The van der Waals surface area contributed by atoms with Crippen molar-refractivity contribution < 1.29 is 0 Å². The summed E-state index contributed by atoms with van der Waals surface area (Å²) in [7, 11) is 0. The Labute approximate surface area is 284 Å². The molecule has 0 N–H and O–H groups in total. The molecule has 0 saturated heterocycles. The van der Waals surface area contributed by atoms with E-state index in [1.54, 1.807) is 0 Å². The summed E-state index contributed by atoms with van der Waals surface area (Å²) in [6.07, 6.45) is 0. The minimum absolute atomic E-state index is 1.13. The maximum absolute atomic E-state index is 2.44. The van der Waals surface area contributed by atoms with Crippen LogP contribution in [-0.4, -0.2) is 0 Å². The molecule has 10 aromatic carbocycles. The minimum atomic E-state index is 1.13. The highest BCUT2D eigenvalue weighted by atomic mass is 15.1. The fourth-order valence-electron chi connectivity index (χ4n) is 7.87. The van der Waals surface area contributed by atoms with E-state index in [9.17, 15) is 0 Å². The number of anilines is 3. The molecule has 0 atom stereocenters. The van der Waals surface area contributed by atoms with Gasteiger partial charge in [-0.1, -0.05) is 146 Å². The molecule has 0 unspecified atom stereocenters. The van der Waals surface area contributed by atoms with E-state index in [4.69, 9.17) is 0 Å². The van der Waals surface area contributed by atoms with Crippen LogP contribution < -0.4 is 4.90 Å². The largest absolute Gasteiger partial charge is 0.309 e. The van der Waals surface area contributed by atoms with E-state index in [2.05, 4.69) is 193 Å². The van der Waals surface area contributed by atoms with Crippen LogP contribution in [-0.2, 0) is 0 Å². The monoisotopic (exact) mass is 621 g/mol. The third-order valence-corrected chi connectivity index (χ3v) is 10.1. The van der Waals surface area contributed by atoms with Crippen LogP contribution in [0.5, 0.6) is 0 Å². The first kappa shape index (κ1) is 27.7. The molecule has 0 aliphatic carbocycles. The van der Waals surface area contributed by atoms with Crippen molar-refractivity contribution in [1.29, 1.82) is 0 Å². The van der Waals surface area contributed by atoms with Crippen LogP contribution >= 0.6 is 0 Å². The van der Waals surface area contributed by atoms with Crippen molar-refractivity contribution in [2.24, 2.45) is 0 Å². The predicted octanol–water partition coefficient (Wildman–Crippen LogP) is 13.7. The van der Waals surface area contributed by atoms with Gasteiger partial charge in [0.2, 0.25) is 0 Å². The molecule has 228 valence electrons. The fraction of sp³-hybridized carbons (Fsp3) is 0. The van der Waals surface area contributed by atoms with Crippen molar-refractivity contribution in [3.63, 3.8) is 0 Å². The molecule has 0 spiro atoms. The quantitative estimate of drug-likeness (QED) is 0.140. The first-order chi connectivity index (χ1) is 24.3. The molecule has 1 nitrogen and oxygen atoms in total. The summed E-state index contributed by atoms with van der Waals surface area (Å²) in [5.41, 5.74) is 5.95. The maximum Gasteiger partial charge on any atom is 0.0618 e. The Bertz CT molecular complexity index is 2830. The van der Waals surface area contributed by atoms with E-state index in [0.29, 0.717) is 0 Å². The number of rotatable bonds is 4. The maximum atomic E-state index is 2.44. The molecule has 0 aliphatic heterocycles. The number of hydrogen-bond acceptors (Lipinski definition) is 1. The van der Waals surface area contributed by atoms with E-state index < -0.39 is 0 Å². The van der Waals surface area contributed by atoms with Gasteiger partial charge in [0.1, 0.15) is 0 Å². The fourth-order valence-corrected chi connectivity index (χ4v) is 7.87. The Balaban J connectivity index is 1.25. The molecule has 0 saturated carbocycles. The van der Waals surface area contributed by atoms with Crippen molar-refractivity contribution >= 4 is 81.7 Å². The van der Waals surface area contributed by atoms with Gasteiger partial charge < -0.3 is 4.90 Å². The Morgan fingerprint density at radius 3 is 1.49 bits per heavy atom. The SMILES string of the molecule is c1ccc(N(c2ccc3ccccc3c2)c2c3ccccc3c(-c3ccc4c(ccc5cc6ccccc6cc54)c3)c3ccccc23)cc1. The highest BCUT2D eigenvalue weighted by Gasteiger charge is 2.22. The summed E-state index contributed by atoms with van der Waals surface area (Å²) in [5, 5.41) is 15.0. The van der Waals surface area contributed by atoms with Crippen LogP contribution in [0.25, 0.3) is 75.8 Å². The van der Waals surface area contributed by atoms with E-state index in [1.165, 1.54) is 81.4 Å². The molecule has 10 rings (SSSR count). The predicted molar refractivity (Wildman–Crippen MR) is 212 cm³/mol. The standard InChI is InChI=1S/C48H31N/c1-2-16-39(17-3-1)49(40-26-24-32-12-4-5-14-34(32)30-40)48-44-20-10-8-18-42(44)47(43-19-9-11-21-45(43)48)38-25-27-41-36(29-38)22-23-37-28-33-13-6-7-15-35(33)31-46(37)41/h1-31H. The highest BCUT2D eigenvalue weighted by Crippen LogP contribution is 2.48. The Hall–Kier alpha value is -6.44. The van der Waals surface area contributed by atoms with Crippen molar-refractivity contribution in [3.8, 4) is 11.1 Å². The number of fused-ring (bicyclic) bond motifs is 7. The second kappa shape index (κ2) is 11.1. The van der Waals surface area contributed by atoms with Crippen LogP contribution in [0.4, 0.5) is 17.1 Å². The topological polar surface area (TPSA) is 3.24 Å². The van der Waals surface area contributed by atoms with Crippen LogP contribution in [0.3, 0.4) is 0 Å². The Kier molecular flexibility index (Phi) is 6.25. The highest BCUT2D eigenvalue weighted by molar-refractivity contribution is 6.23. The van der Waals surface area contributed by atoms with Crippen LogP contribution in [0, 0.1) is 0 Å². The van der Waals surface area contributed by atoms with Gasteiger partial charge in [0.25, 0.3) is 0 Å². The first-order valence-electron chi connectivity index (χ1n) is 16.9. The normalized spacial score (nSPS) is 11.7. The molecule has 0 aliphatic rings. The minimum Gasteiger partial charge on any atom is -0.309 e. The lowest BCUT2D eigenvalue weighted by Gasteiger charge is -2.29. The van der Waals surface area contributed by atoms with E-state index in [0.717, 1.165) is 11.4 Å². The van der Waals surface area contributed by atoms with Gasteiger partial charge in [0.15, 0.2) is 0 Å². The molecule has 10 aromatic rings. The van der Waals surface area contributed by atoms with Crippen molar-refractivity contribution in [3.05, 3.63) is 188 Å². The second-order valence-corrected chi connectivity index (χ2v) is 12.9. The zero-order valence-electron chi connectivity index (χ0n) is 26.8. The lowest BCUT2D eigenvalue weighted by molar-refractivity contribution is 1.32. The molecule has 49 heavy (non-hydrogen) atoms. The molecular formula is C48H31N. The zero-order valence-corrected chi connectivity index (χ0v) is 26.8. The second-order valence-electron chi connectivity index (χ2n) is 12.9. The van der Waals surface area contributed by atoms with Gasteiger partial charge in [-0.3, -0.25) is 0 Å². The molecule has 0 bridgehead atoms. The van der Waals surface area contributed by atoms with Gasteiger partial charge in [-0.2, -0.15) is 0 Å². The number of benzene rings is 10. The summed E-state index contributed by atoms with van der Waals surface area (Å²) < 4.78 is 0. The molecule has 0 aromatic heterocycles. The van der Waals surface area contributed by atoms with Gasteiger partial charge in [-0.25, -0.2) is 0 Å². The van der Waals surface area contributed by atoms with Gasteiger partial charge in [-0.05, 0) is 107 Å². The van der Waals surface area contributed by atoms with E-state index >= 15 is 0 Å². The first-order valence-corrected chi connectivity index (χ1v) is 16.9. The zero-order chi connectivity index (χ0) is 32.3. The van der Waals surface area contributed by atoms with Crippen molar-refractivity contribution in [1.82, 2.24) is 0 Å². The van der Waals surface area contributed by atoms with Gasteiger partial charge in [-0.15, -0.1) is 0 Å². The Morgan fingerprint density at radius 2 is 0.796 bits per heavy atom. The summed E-state index contributed by atoms with van der Waals surface area (Å²) in [6.45, 7) is 0. The third kappa shape index (κ3) is 4.47. The summed E-state index contributed by atoms with van der Waals surface area (Å²) >= 11 is 0. The third-order valence-electron chi connectivity index (χ3n) is 10.1. The average molecular weight is 622 g/mol. The van der Waals surface area contributed by atoms with Gasteiger partial charge in [0.05, 0.1) is 5.69 Å². The smallest absolute Gasteiger partial charge is 0.0618 e. The number of para-hydroxylation sites is 1. The van der Waals surface area contributed by atoms with Crippen LogP contribution in [0.15, 0.2) is 188 Å². The number of hydrogen-bond donors (Lipinski definition) is 0. The molecule has 0 radical (unpaired) electrons. The average Bonchev–Trinajstić information content (AvgIpc) is 3.17. The van der Waals surface area contributed by atoms with Crippen LogP contribution in [0.2, 0.25) is 0 Å². The van der Waals surface area contributed by atoms with Gasteiger partial charge >= 0.3 is 0 Å².